The van der Waals surface area contributed by atoms with Gasteiger partial charge in [0.2, 0.25) is 0 Å². The minimum absolute atomic E-state index is 0.162. The molecule has 23 heavy (non-hydrogen) atoms. The third-order valence-electron chi connectivity index (χ3n) is 4.05. The number of ether oxygens (including phenoxy) is 1. The number of hydrogen-bond donors (Lipinski definition) is 2. The van der Waals surface area contributed by atoms with Crippen LogP contribution in [0.5, 0.6) is 0 Å². The first kappa shape index (κ1) is 15.4. The topological polar surface area (TPSA) is 70.2 Å². The third kappa shape index (κ3) is 4.25. The Hall–Kier alpha value is -2.50. The second-order valence-corrected chi connectivity index (χ2v) is 5.88. The molecule has 1 amide bonds. The second kappa shape index (κ2) is 7.17. The average molecular weight is 314 g/mol. The van der Waals surface area contributed by atoms with Crippen molar-refractivity contribution in [1.29, 1.82) is 0 Å². The van der Waals surface area contributed by atoms with Crippen molar-refractivity contribution < 1.29 is 9.53 Å². The summed E-state index contributed by atoms with van der Waals surface area (Å²) in [5, 5.41) is 10.2. The molecule has 1 aromatic carbocycles. The number of hydrogen-bond acceptors (Lipinski definition) is 4. The molecular weight excluding hydrogens is 292 g/mol. The van der Waals surface area contributed by atoms with Crippen LogP contribution in [-0.2, 0) is 11.3 Å². The van der Waals surface area contributed by atoms with E-state index >= 15 is 0 Å². The number of aryl methyl sites for hydroxylation is 1. The van der Waals surface area contributed by atoms with Crippen molar-refractivity contribution in [2.75, 3.05) is 18.0 Å². The number of carbonyl (C=O) groups is 1. The Morgan fingerprint density at radius 2 is 2.09 bits per heavy atom. The van der Waals surface area contributed by atoms with E-state index in [0.29, 0.717) is 6.61 Å². The van der Waals surface area contributed by atoms with E-state index < -0.39 is 0 Å². The van der Waals surface area contributed by atoms with Crippen LogP contribution < -0.4 is 10.2 Å². The number of aromatic amines is 1. The Kier molecular flexibility index (Phi) is 4.80. The lowest BCUT2D eigenvalue weighted by atomic mass is 10.1. The molecule has 2 N–H and O–H groups in total. The third-order valence-corrected chi connectivity index (χ3v) is 4.05. The van der Waals surface area contributed by atoms with E-state index in [9.17, 15) is 4.79 Å². The van der Waals surface area contributed by atoms with Gasteiger partial charge in [0, 0.05) is 30.9 Å². The predicted molar refractivity (Wildman–Crippen MR) is 88.3 cm³/mol. The van der Waals surface area contributed by atoms with Crippen molar-refractivity contribution in [3.63, 3.8) is 0 Å². The van der Waals surface area contributed by atoms with Gasteiger partial charge in [-0.1, -0.05) is 30.3 Å². The van der Waals surface area contributed by atoms with E-state index in [-0.39, 0.29) is 12.1 Å². The molecule has 1 fully saturated rings. The quantitative estimate of drug-likeness (QED) is 0.910. The zero-order valence-corrected chi connectivity index (χ0v) is 13.3. The van der Waals surface area contributed by atoms with E-state index in [1.807, 2.05) is 43.3 Å². The molecule has 1 aromatic heterocycles. The molecule has 0 atom stereocenters. The van der Waals surface area contributed by atoms with Gasteiger partial charge in [0.15, 0.2) is 5.82 Å². The van der Waals surface area contributed by atoms with Crippen LogP contribution in [0.2, 0.25) is 0 Å². The first-order valence-corrected chi connectivity index (χ1v) is 7.95. The molecule has 0 aliphatic carbocycles. The van der Waals surface area contributed by atoms with Gasteiger partial charge in [0.1, 0.15) is 6.61 Å². The summed E-state index contributed by atoms with van der Waals surface area (Å²) in [6, 6.07) is 11.9. The van der Waals surface area contributed by atoms with Crippen LogP contribution in [0.4, 0.5) is 10.6 Å². The van der Waals surface area contributed by atoms with Gasteiger partial charge in [-0.3, -0.25) is 5.10 Å². The number of rotatable bonds is 4. The molecule has 1 aliphatic rings. The first-order valence-electron chi connectivity index (χ1n) is 7.95. The average Bonchev–Trinajstić information content (AvgIpc) is 3.01. The van der Waals surface area contributed by atoms with Crippen molar-refractivity contribution in [2.45, 2.75) is 32.4 Å². The highest BCUT2D eigenvalue weighted by Gasteiger charge is 2.22. The first-order chi connectivity index (χ1) is 11.2. The monoisotopic (exact) mass is 314 g/mol. The van der Waals surface area contributed by atoms with Gasteiger partial charge in [-0.2, -0.15) is 5.10 Å². The van der Waals surface area contributed by atoms with Gasteiger partial charge >= 0.3 is 6.09 Å². The number of piperidine rings is 1. The standard InChI is InChI=1S/C17H22N4O2/c1-13-11-16(20-19-13)21-9-7-15(8-10-21)18-17(22)23-12-14-5-3-2-4-6-14/h2-6,11,15H,7-10,12H2,1H3,(H,18,22)(H,19,20). The van der Waals surface area contributed by atoms with Crippen molar-refractivity contribution in [1.82, 2.24) is 15.5 Å². The van der Waals surface area contributed by atoms with Crippen LogP contribution in [0, 0.1) is 6.92 Å². The fourth-order valence-electron chi connectivity index (χ4n) is 2.75. The molecule has 0 unspecified atom stereocenters. The fraction of sp³-hybridized carbons (Fsp3) is 0.412. The molecule has 1 aliphatic heterocycles. The fourth-order valence-corrected chi connectivity index (χ4v) is 2.75. The number of nitrogens with one attached hydrogen (secondary N) is 2. The normalized spacial score (nSPS) is 15.4. The van der Waals surface area contributed by atoms with Crippen LogP contribution in [0.15, 0.2) is 36.4 Å². The molecule has 6 nitrogen and oxygen atoms in total. The van der Waals surface area contributed by atoms with Gasteiger partial charge in [-0.05, 0) is 25.3 Å². The Morgan fingerprint density at radius 3 is 2.74 bits per heavy atom. The van der Waals surface area contributed by atoms with E-state index in [2.05, 4.69) is 20.4 Å². The summed E-state index contributed by atoms with van der Waals surface area (Å²) in [5.41, 5.74) is 2.05. The summed E-state index contributed by atoms with van der Waals surface area (Å²) in [6.45, 7) is 4.06. The van der Waals surface area contributed by atoms with Crippen molar-refractivity contribution >= 4 is 11.9 Å². The Morgan fingerprint density at radius 1 is 1.35 bits per heavy atom. The highest BCUT2D eigenvalue weighted by molar-refractivity contribution is 5.67. The van der Waals surface area contributed by atoms with Gasteiger partial charge < -0.3 is 15.0 Å². The number of anilines is 1. The molecule has 0 saturated carbocycles. The van der Waals surface area contributed by atoms with Crippen LogP contribution in [0.25, 0.3) is 0 Å². The molecule has 2 heterocycles. The summed E-state index contributed by atoms with van der Waals surface area (Å²) in [5.74, 6) is 0.979. The van der Waals surface area contributed by atoms with Crippen molar-refractivity contribution in [3.05, 3.63) is 47.7 Å². The van der Waals surface area contributed by atoms with Crippen molar-refractivity contribution in [3.8, 4) is 0 Å². The van der Waals surface area contributed by atoms with Gasteiger partial charge in [0.05, 0.1) is 0 Å². The van der Waals surface area contributed by atoms with Gasteiger partial charge in [-0.15, -0.1) is 0 Å². The summed E-state index contributed by atoms with van der Waals surface area (Å²) in [7, 11) is 0. The summed E-state index contributed by atoms with van der Waals surface area (Å²) < 4.78 is 5.26. The molecule has 3 rings (SSSR count). The molecule has 122 valence electrons. The number of alkyl carbamates (subject to hydrolysis) is 1. The molecule has 0 spiro atoms. The largest absolute Gasteiger partial charge is 0.445 e. The maximum atomic E-state index is 11.9. The minimum Gasteiger partial charge on any atom is -0.445 e. The van der Waals surface area contributed by atoms with E-state index in [0.717, 1.165) is 43.0 Å². The number of benzene rings is 1. The number of H-pyrrole nitrogens is 1. The van der Waals surface area contributed by atoms with E-state index in [4.69, 9.17) is 4.74 Å². The summed E-state index contributed by atoms with van der Waals surface area (Å²) in [4.78, 5) is 14.1. The summed E-state index contributed by atoms with van der Waals surface area (Å²) >= 11 is 0. The predicted octanol–water partition coefficient (Wildman–Crippen LogP) is 2.61. The van der Waals surface area contributed by atoms with E-state index in [1.165, 1.54) is 0 Å². The number of carbonyl (C=O) groups excluding carboxylic acids is 1. The lowest BCUT2D eigenvalue weighted by Gasteiger charge is -2.32. The maximum Gasteiger partial charge on any atom is 0.407 e. The maximum absolute atomic E-state index is 11.9. The van der Waals surface area contributed by atoms with Crippen LogP contribution in [0.1, 0.15) is 24.1 Å². The second-order valence-electron chi connectivity index (χ2n) is 5.88. The van der Waals surface area contributed by atoms with Crippen molar-refractivity contribution in [2.24, 2.45) is 0 Å². The molecule has 1 saturated heterocycles. The minimum atomic E-state index is -0.345. The Labute approximate surface area is 135 Å². The Balaban J connectivity index is 1.41. The molecular formula is C17H22N4O2. The number of nitrogens with zero attached hydrogens (tertiary/aromatic N) is 2. The van der Waals surface area contributed by atoms with Gasteiger partial charge in [0.25, 0.3) is 0 Å². The summed E-state index contributed by atoms with van der Waals surface area (Å²) in [6.07, 6.45) is 1.45. The molecule has 0 bridgehead atoms. The highest BCUT2D eigenvalue weighted by atomic mass is 16.5. The SMILES string of the molecule is Cc1cc(N2CCC(NC(=O)OCc3ccccc3)CC2)n[nH]1. The van der Waals surface area contributed by atoms with Gasteiger partial charge in [-0.25, -0.2) is 4.79 Å². The molecule has 6 heteroatoms. The van der Waals surface area contributed by atoms with Crippen LogP contribution in [-0.4, -0.2) is 35.4 Å². The molecule has 0 radical (unpaired) electrons. The molecule has 2 aromatic rings. The lowest BCUT2D eigenvalue weighted by molar-refractivity contribution is 0.134. The van der Waals surface area contributed by atoms with E-state index in [1.54, 1.807) is 0 Å². The van der Waals surface area contributed by atoms with Crippen LogP contribution >= 0.6 is 0 Å². The number of aromatic nitrogens is 2. The zero-order valence-electron chi connectivity index (χ0n) is 13.3. The zero-order chi connectivity index (χ0) is 16.1. The number of amides is 1. The smallest absolute Gasteiger partial charge is 0.407 e. The van der Waals surface area contributed by atoms with Crippen LogP contribution in [0.3, 0.4) is 0 Å². The Bertz CT molecular complexity index is 633. The lowest BCUT2D eigenvalue weighted by Crippen LogP contribution is -2.45. The highest BCUT2D eigenvalue weighted by Crippen LogP contribution is 2.18.